The van der Waals surface area contributed by atoms with E-state index in [4.69, 9.17) is 0 Å². The molecule has 2 aliphatic heterocycles. The number of aryl methyl sites for hydroxylation is 1. The molecule has 2 aliphatic rings. The maximum Gasteiger partial charge on any atom is 0.128 e. The predicted octanol–water partition coefficient (Wildman–Crippen LogP) is 3.73. The van der Waals surface area contributed by atoms with Crippen molar-refractivity contribution in [1.82, 2.24) is 9.88 Å². The van der Waals surface area contributed by atoms with Gasteiger partial charge in [0.05, 0.1) is 0 Å². The summed E-state index contributed by atoms with van der Waals surface area (Å²) in [7, 11) is 0. The summed E-state index contributed by atoms with van der Waals surface area (Å²) < 4.78 is 0. The molecule has 3 heterocycles. The number of likely N-dealkylation sites (tertiary alicyclic amines) is 1. The lowest BCUT2D eigenvalue weighted by Gasteiger charge is -2.37. The minimum Gasteiger partial charge on any atom is -0.357 e. The summed E-state index contributed by atoms with van der Waals surface area (Å²) in [6.07, 6.45) is 9.00. The lowest BCUT2D eigenvalue weighted by Crippen LogP contribution is -2.37. The molecule has 0 unspecified atom stereocenters. The van der Waals surface area contributed by atoms with Crippen LogP contribution in [0.5, 0.6) is 0 Å². The van der Waals surface area contributed by atoms with Crippen LogP contribution in [0.2, 0.25) is 0 Å². The van der Waals surface area contributed by atoms with Crippen LogP contribution in [0.3, 0.4) is 0 Å². The van der Waals surface area contributed by atoms with Gasteiger partial charge in [-0.3, -0.25) is 0 Å². The molecule has 0 bridgehead atoms. The molecule has 3 rings (SSSR count). The van der Waals surface area contributed by atoms with Crippen molar-refractivity contribution in [3.05, 3.63) is 23.9 Å². The summed E-state index contributed by atoms with van der Waals surface area (Å²) in [5, 5.41) is 0. The molecular formula is C19H31N3. The van der Waals surface area contributed by atoms with Crippen molar-refractivity contribution >= 4 is 5.82 Å². The Kier molecular flexibility index (Phi) is 5.35. The molecule has 0 saturated carbocycles. The van der Waals surface area contributed by atoms with Crippen molar-refractivity contribution < 1.29 is 0 Å². The highest BCUT2D eigenvalue weighted by Crippen LogP contribution is 2.31. The predicted molar refractivity (Wildman–Crippen MR) is 93.4 cm³/mol. The van der Waals surface area contributed by atoms with Crippen molar-refractivity contribution in [3.8, 4) is 0 Å². The Morgan fingerprint density at radius 1 is 1.00 bits per heavy atom. The molecule has 2 saturated heterocycles. The lowest BCUT2D eigenvalue weighted by molar-refractivity contribution is 0.167. The largest absolute Gasteiger partial charge is 0.357 e. The van der Waals surface area contributed by atoms with Crippen LogP contribution in [0.4, 0.5) is 5.82 Å². The summed E-state index contributed by atoms with van der Waals surface area (Å²) in [6, 6.07) is 4.35. The number of aromatic nitrogens is 1. The third-order valence-electron chi connectivity index (χ3n) is 5.66. The minimum absolute atomic E-state index is 0.944. The molecule has 1 aromatic rings. The topological polar surface area (TPSA) is 19.4 Å². The molecule has 0 amide bonds. The number of hydrogen-bond donors (Lipinski definition) is 0. The van der Waals surface area contributed by atoms with Crippen molar-refractivity contribution in [2.75, 3.05) is 37.6 Å². The first-order chi connectivity index (χ1) is 10.7. The third-order valence-corrected chi connectivity index (χ3v) is 5.66. The third kappa shape index (κ3) is 4.01. The zero-order valence-corrected chi connectivity index (χ0v) is 14.3. The molecule has 0 radical (unpaired) electrons. The fourth-order valence-electron chi connectivity index (χ4n) is 4.05. The van der Waals surface area contributed by atoms with Gasteiger partial charge < -0.3 is 9.80 Å². The van der Waals surface area contributed by atoms with E-state index < -0.39 is 0 Å². The molecule has 22 heavy (non-hydrogen) atoms. The van der Waals surface area contributed by atoms with Crippen molar-refractivity contribution in [2.45, 2.75) is 46.0 Å². The smallest absolute Gasteiger partial charge is 0.128 e. The van der Waals surface area contributed by atoms with Gasteiger partial charge >= 0.3 is 0 Å². The number of hydrogen-bond acceptors (Lipinski definition) is 3. The highest BCUT2D eigenvalue weighted by molar-refractivity contribution is 5.39. The molecule has 0 aromatic carbocycles. The molecule has 2 fully saturated rings. The second-order valence-electron chi connectivity index (χ2n) is 7.24. The summed E-state index contributed by atoms with van der Waals surface area (Å²) >= 11 is 0. The van der Waals surface area contributed by atoms with E-state index in [0.717, 1.165) is 11.8 Å². The monoisotopic (exact) mass is 301 g/mol. The average molecular weight is 301 g/mol. The summed E-state index contributed by atoms with van der Waals surface area (Å²) in [6.45, 7) is 10.7. The average Bonchev–Trinajstić information content (AvgIpc) is 2.57. The Bertz CT molecular complexity index is 440. The summed E-state index contributed by atoms with van der Waals surface area (Å²) in [5.41, 5.74) is 1.25. The zero-order valence-electron chi connectivity index (χ0n) is 14.3. The highest BCUT2D eigenvalue weighted by atomic mass is 15.2. The van der Waals surface area contributed by atoms with Gasteiger partial charge in [-0.1, -0.05) is 13.0 Å². The maximum absolute atomic E-state index is 4.58. The standard InChI is InChI=1S/C19H31N3/c1-3-21-10-6-17(7-11-21)14-18-8-12-22(13-9-18)19-5-4-16(2)15-20-19/h4-5,15,17-18H,3,6-14H2,1-2H3. The van der Waals surface area contributed by atoms with Gasteiger partial charge in [0.2, 0.25) is 0 Å². The molecule has 3 heteroatoms. The van der Waals surface area contributed by atoms with E-state index in [1.54, 1.807) is 0 Å². The van der Waals surface area contributed by atoms with Gasteiger partial charge in [-0.05, 0) is 82.1 Å². The molecule has 0 N–H and O–H groups in total. The van der Waals surface area contributed by atoms with E-state index in [0.29, 0.717) is 0 Å². The molecule has 0 spiro atoms. The van der Waals surface area contributed by atoms with Gasteiger partial charge in [-0.2, -0.15) is 0 Å². The lowest BCUT2D eigenvalue weighted by atomic mass is 9.83. The van der Waals surface area contributed by atoms with Crippen LogP contribution in [0, 0.1) is 18.8 Å². The van der Waals surface area contributed by atoms with Gasteiger partial charge in [0.25, 0.3) is 0 Å². The first kappa shape index (κ1) is 15.8. The number of pyridine rings is 1. The van der Waals surface area contributed by atoms with Gasteiger partial charge in [0.1, 0.15) is 5.82 Å². The molecular weight excluding hydrogens is 270 g/mol. The summed E-state index contributed by atoms with van der Waals surface area (Å²) in [4.78, 5) is 9.65. The fraction of sp³-hybridized carbons (Fsp3) is 0.737. The number of rotatable bonds is 4. The van der Waals surface area contributed by atoms with E-state index in [-0.39, 0.29) is 0 Å². The SMILES string of the molecule is CCN1CCC(CC2CCN(c3ccc(C)cn3)CC2)CC1. The first-order valence-electron chi connectivity index (χ1n) is 9.14. The zero-order chi connectivity index (χ0) is 15.4. The molecule has 3 nitrogen and oxygen atoms in total. The van der Waals surface area contributed by atoms with E-state index in [1.807, 2.05) is 6.20 Å². The maximum atomic E-state index is 4.58. The van der Waals surface area contributed by atoms with Gasteiger partial charge in [-0.25, -0.2) is 4.98 Å². The molecule has 1 aromatic heterocycles. The van der Waals surface area contributed by atoms with Gasteiger partial charge in [0, 0.05) is 19.3 Å². The number of piperidine rings is 2. The van der Waals surface area contributed by atoms with Crippen LogP contribution in [-0.4, -0.2) is 42.6 Å². The number of nitrogens with zero attached hydrogens (tertiary/aromatic N) is 3. The van der Waals surface area contributed by atoms with E-state index >= 15 is 0 Å². The van der Waals surface area contributed by atoms with E-state index in [2.05, 4.69) is 40.8 Å². The second kappa shape index (κ2) is 7.45. The Morgan fingerprint density at radius 3 is 2.18 bits per heavy atom. The Balaban J connectivity index is 1.43. The van der Waals surface area contributed by atoms with Crippen molar-refractivity contribution in [3.63, 3.8) is 0 Å². The van der Waals surface area contributed by atoms with Crippen LogP contribution in [0.15, 0.2) is 18.3 Å². The van der Waals surface area contributed by atoms with Crippen LogP contribution in [-0.2, 0) is 0 Å². The van der Waals surface area contributed by atoms with E-state index in [1.165, 1.54) is 76.2 Å². The van der Waals surface area contributed by atoms with Crippen molar-refractivity contribution in [1.29, 1.82) is 0 Å². The van der Waals surface area contributed by atoms with Gasteiger partial charge in [-0.15, -0.1) is 0 Å². The van der Waals surface area contributed by atoms with Crippen molar-refractivity contribution in [2.24, 2.45) is 11.8 Å². The highest BCUT2D eigenvalue weighted by Gasteiger charge is 2.25. The normalized spacial score (nSPS) is 22.2. The quantitative estimate of drug-likeness (QED) is 0.845. The van der Waals surface area contributed by atoms with Crippen LogP contribution in [0.1, 0.15) is 44.6 Å². The van der Waals surface area contributed by atoms with Crippen LogP contribution >= 0.6 is 0 Å². The Labute approximate surface area is 135 Å². The molecule has 0 aliphatic carbocycles. The minimum atomic E-state index is 0.944. The second-order valence-corrected chi connectivity index (χ2v) is 7.24. The fourth-order valence-corrected chi connectivity index (χ4v) is 4.05. The first-order valence-corrected chi connectivity index (χ1v) is 9.14. The Morgan fingerprint density at radius 2 is 1.64 bits per heavy atom. The number of anilines is 1. The molecule has 0 atom stereocenters. The van der Waals surface area contributed by atoms with Gasteiger partial charge in [0.15, 0.2) is 0 Å². The van der Waals surface area contributed by atoms with E-state index in [9.17, 15) is 0 Å². The Hall–Kier alpha value is -1.09. The summed E-state index contributed by atoms with van der Waals surface area (Å²) in [5.74, 6) is 3.09. The van der Waals surface area contributed by atoms with Crippen LogP contribution in [0.25, 0.3) is 0 Å². The van der Waals surface area contributed by atoms with Crippen LogP contribution < -0.4 is 4.90 Å². The molecule has 122 valence electrons.